The zero-order valence-electron chi connectivity index (χ0n) is 15.1. The van der Waals surface area contributed by atoms with Gasteiger partial charge in [-0.2, -0.15) is 10.2 Å². The van der Waals surface area contributed by atoms with Gasteiger partial charge in [0.15, 0.2) is 5.82 Å². The van der Waals surface area contributed by atoms with Gasteiger partial charge in [-0.1, -0.05) is 36.2 Å². The van der Waals surface area contributed by atoms with Crippen LogP contribution in [0.2, 0.25) is 10.0 Å². The lowest BCUT2D eigenvalue weighted by molar-refractivity contribution is -0.385. The summed E-state index contributed by atoms with van der Waals surface area (Å²) in [5.41, 5.74) is 0.780. The number of carbonyl (C=O) groups is 1. The Morgan fingerprint density at radius 1 is 1.31 bits per heavy atom. The second-order valence-electron chi connectivity index (χ2n) is 6.34. The van der Waals surface area contributed by atoms with E-state index in [4.69, 9.17) is 23.2 Å². The zero-order valence-corrected chi connectivity index (χ0v) is 18.1. The van der Waals surface area contributed by atoms with Gasteiger partial charge in [0.2, 0.25) is 5.91 Å². The monoisotopic (exact) mass is 500 g/mol. The summed E-state index contributed by atoms with van der Waals surface area (Å²) in [5, 5.41) is 22.7. The van der Waals surface area contributed by atoms with E-state index in [9.17, 15) is 14.9 Å². The Morgan fingerprint density at radius 3 is 2.72 bits per heavy atom. The fourth-order valence-corrected chi connectivity index (χ4v) is 3.27. The van der Waals surface area contributed by atoms with Crippen LogP contribution in [-0.2, 0) is 17.9 Å². The molecule has 0 fully saturated rings. The van der Waals surface area contributed by atoms with Crippen LogP contribution in [0, 0.1) is 16.0 Å². The maximum atomic E-state index is 12.5. The summed E-state index contributed by atoms with van der Waals surface area (Å²) in [6.07, 6.45) is 4.16. The molecule has 1 amide bonds. The van der Waals surface area contributed by atoms with Crippen LogP contribution in [0.4, 0.5) is 11.5 Å². The Kier molecular flexibility index (Phi) is 6.56. The average Bonchev–Trinajstić information content (AvgIpc) is 3.25. The number of amides is 1. The number of carbonyl (C=O) groups excluding carboxylic acids is 1. The number of nitrogens with zero attached hydrogens (tertiary/aromatic N) is 5. The maximum Gasteiger partial charge on any atom is 0.306 e. The Bertz CT molecular complexity index is 1070. The topological polar surface area (TPSA) is 108 Å². The molecule has 0 aliphatic heterocycles. The predicted octanol–water partition coefficient (Wildman–Crippen LogP) is 4.38. The Hall–Kier alpha value is -2.43. The first-order valence-corrected chi connectivity index (χ1v) is 9.92. The molecule has 9 nitrogen and oxygen atoms in total. The molecule has 0 aliphatic carbocycles. The summed E-state index contributed by atoms with van der Waals surface area (Å²) in [5.74, 6) is -0.404. The summed E-state index contributed by atoms with van der Waals surface area (Å²) in [6.45, 7) is 2.34. The number of nitrogens with one attached hydrogen (secondary N) is 1. The minimum absolute atomic E-state index is 0.124. The Balaban J connectivity index is 1.63. The normalized spacial score (nSPS) is 12.0. The number of anilines is 1. The van der Waals surface area contributed by atoms with Crippen LogP contribution >= 0.6 is 39.1 Å². The third-order valence-corrected chi connectivity index (χ3v) is 5.35. The van der Waals surface area contributed by atoms with E-state index in [0.29, 0.717) is 26.9 Å². The first-order valence-electron chi connectivity index (χ1n) is 8.37. The molecule has 1 unspecified atom stereocenters. The molecular weight excluding hydrogens is 487 g/mol. The van der Waals surface area contributed by atoms with Crippen LogP contribution in [-0.4, -0.2) is 30.4 Å². The zero-order chi connectivity index (χ0) is 21.1. The lowest BCUT2D eigenvalue weighted by Crippen LogP contribution is -2.25. The lowest BCUT2D eigenvalue weighted by Gasteiger charge is -2.11. The minimum Gasteiger partial charge on any atom is -0.308 e. The number of rotatable bonds is 7. The smallest absolute Gasteiger partial charge is 0.306 e. The summed E-state index contributed by atoms with van der Waals surface area (Å²) in [7, 11) is 0. The predicted molar refractivity (Wildman–Crippen MR) is 112 cm³/mol. The molecule has 29 heavy (non-hydrogen) atoms. The van der Waals surface area contributed by atoms with Gasteiger partial charge in [-0.25, -0.2) is 0 Å². The Morgan fingerprint density at radius 2 is 2.07 bits per heavy atom. The third-order valence-electron chi connectivity index (χ3n) is 4.03. The number of benzene rings is 1. The molecule has 0 saturated heterocycles. The van der Waals surface area contributed by atoms with Crippen molar-refractivity contribution in [2.75, 3.05) is 5.32 Å². The van der Waals surface area contributed by atoms with Gasteiger partial charge in [0.25, 0.3) is 0 Å². The van der Waals surface area contributed by atoms with Gasteiger partial charge >= 0.3 is 5.69 Å². The van der Waals surface area contributed by atoms with Crippen molar-refractivity contribution in [2.24, 2.45) is 5.92 Å². The molecule has 12 heteroatoms. The van der Waals surface area contributed by atoms with Crippen LogP contribution < -0.4 is 5.32 Å². The van der Waals surface area contributed by atoms with Gasteiger partial charge in [0.1, 0.15) is 12.4 Å². The van der Waals surface area contributed by atoms with Crippen molar-refractivity contribution in [3.05, 3.63) is 67.0 Å². The summed E-state index contributed by atoms with van der Waals surface area (Å²) >= 11 is 15.3. The number of hydrogen-bond acceptors (Lipinski definition) is 5. The van der Waals surface area contributed by atoms with Gasteiger partial charge in [-0.05, 0) is 33.6 Å². The van der Waals surface area contributed by atoms with E-state index in [1.165, 1.54) is 10.9 Å². The standard InChI is InChI=1S/C17H15BrCl2N6O3/c1-10(6-24-8-12(5-21-24)26(28)29)17(27)22-16-13(18)9-25(23-16)7-11-2-3-14(19)15(20)4-11/h2-5,8-10H,6-7H2,1H3,(H,22,23,27). The summed E-state index contributed by atoms with van der Waals surface area (Å²) in [6, 6.07) is 5.30. The molecule has 152 valence electrons. The molecule has 1 N–H and O–H groups in total. The van der Waals surface area contributed by atoms with Gasteiger partial charge in [0.05, 0.1) is 38.4 Å². The first kappa shape index (κ1) is 21.3. The van der Waals surface area contributed by atoms with Crippen molar-refractivity contribution >= 4 is 56.5 Å². The van der Waals surface area contributed by atoms with Crippen LogP contribution in [0.5, 0.6) is 0 Å². The molecule has 2 heterocycles. The summed E-state index contributed by atoms with van der Waals surface area (Å²) < 4.78 is 3.63. The molecule has 0 bridgehead atoms. The van der Waals surface area contributed by atoms with Gasteiger partial charge in [-0.15, -0.1) is 0 Å². The maximum absolute atomic E-state index is 12.5. The summed E-state index contributed by atoms with van der Waals surface area (Å²) in [4.78, 5) is 22.7. The third kappa shape index (κ3) is 5.34. The highest BCUT2D eigenvalue weighted by atomic mass is 79.9. The molecule has 0 saturated carbocycles. The van der Waals surface area contributed by atoms with E-state index in [2.05, 4.69) is 31.4 Å². The molecular formula is C17H15BrCl2N6O3. The van der Waals surface area contributed by atoms with Crippen molar-refractivity contribution in [1.82, 2.24) is 19.6 Å². The van der Waals surface area contributed by atoms with E-state index >= 15 is 0 Å². The van der Waals surface area contributed by atoms with E-state index in [0.717, 1.165) is 11.8 Å². The second kappa shape index (κ2) is 8.93. The van der Waals surface area contributed by atoms with Crippen LogP contribution in [0.3, 0.4) is 0 Å². The number of aromatic nitrogens is 4. The fourth-order valence-electron chi connectivity index (χ4n) is 2.54. The molecule has 3 rings (SSSR count). The van der Waals surface area contributed by atoms with Gasteiger partial charge in [0, 0.05) is 6.20 Å². The average molecular weight is 502 g/mol. The van der Waals surface area contributed by atoms with Crippen LogP contribution in [0.1, 0.15) is 12.5 Å². The van der Waals surface area contributed by atoms with Crippen molar-refractivity contribution in [3.8, 4) is 0 Å². The number of hydrogen-bond donors (Lipinski definition) is 1. The molecule has 0 spiro atoms. The van der Waals surface area contributed by atoms with Crippen LogP contribution in [0.25, 0.3) is 0 Å². The van der Waals surface area contributed by atoms with Crippen molar-refractivity contribution in [3.63, 3.8) is 0 Å². The molecule has 3 aromatic rings. The van der Waals surface area contributed by atoms with Gasteiger partial charge in [-0.3, -0.25) is 24.3 Å². The number of nitro groups is 1. The quantitative estimate of drug-likeness (QED) is 0.381. The molecule has 0 aliphatic rings. The highest BCUT2D eigenvalue weighted by molar-refractivity contribution is 9.10. The highest BCUT2D eigenvalue weighted by Crippen LogP contribution is 2.25. The molecule has 0 radical (unpaired) electrons. The molecule has 2 aromatic heterocycles. The lowest BCUT2D eigenvalue weighted by atomic mass is 10.1. The SMILES string of the molecule is CC(Cn1cc([N+](=O)[O-])cn1)C(=O)Nc1nn(Cc2ccc(Cl)c(Cl)c2)cc1Br. The molecule has 1 atom stereocenters. The second-order valence-corrected chi connectivity index (χ2v) is 8.01. The van der Waals surface area contributed by atoms with Crippen molar-refractivity contribution in [1.29, 1.82) is 0 Å². The molecule has 1 aromatic carbocycles. The van der Waals surface area contributed by atoms with Crippen LogP contribution in [0.15, 0.2) is 41.3 Å². The highest BCUT2D eigenvalue weighted by Gasteiger charge is 2.19. The van der Waals surface area contributed by atoms with E-state index in [1.54, 1.807) is 29.9 Å². The van der Waals surface area contributed by atoms with Crippen molar-refractivity contribution in [2.45, 2.75) is 20.0 Å². The fraction of sp³-hybridized carbons (Fsp3) is 0.235. The first-order chi connectivity index (χ1) is 13.7. The van der Waals surface area contributed by atoms with Gasteiger partial charge < -0.3 is 5.32 Å². The van der Waals surface area contributed by atoms with E-state index < -0.39 is 10.8 Å². The number of halogens is 3. The van der Waals surface area contributed by atoms with E-state index in [-0.39, 0.29) is 18.1 Å². The largest absolute Gasteiger partial charge is 0.308 e. The Labute approximate surface area is 183 Å². The minimum atomic E-state index is -0.536. The van der Waals surface area contributed by atoms with Crippen molar-refractivity contribution < 1.29 is 9.72 Å². The van der Waals surface area contributed by atoms with E-state index in [1.807, 2.05) is 6.07 Å².